The number of piperidine rings is 1. The first-order chi connectivity index (χ1) is 8.85. The number of likely N-dealkylation sites (tertiary alicyclic amines) is 1. The van der Waals surface area contributed by atoms with Gasteiger partial charge in [0, 0.05) is 26.0 Å². The molecule has 1 fully saturated rings. The van der Waals surface area contributed by atoms with Gasteiger partial charge in [-0.05, 0) is 25.8 Å². The van der Waals surface area contributed by atoms with Gasteiger partial charge in [0.25, 0.3) is 0 Å². The van der Waals surface area contributed by atoms with Crippen molar-refractivity contribution in [3.8, 4) is 0 Å². The standard InChI is InChI=1S/C12H23NO5S/c1-3-19(16,17)10-4-7-13-8-5-12(18-2,6-9-13)11(14)15/h3-10H2,1-2H3,(H,14,15). The lowest BCUT2D eigenvalue weighted by Crippen LogP contribution is -2.50. The van der Waals surface area contributed by atoms with E-state index in [2.05, 4.69) is 4.90 Å². The number of nitrogens with zero attached hydrogens (tertiary/aromatic N) is 1. The summed E-state index contributed by atoms with van der Waals surface area (Å²) in [6, 6.07) is 0. The van der Waals surface area contributed by atoms with Gasteiger partial charge in [0.1, 0.15) is 9.84 Å². The highest BCUT2D eigenvalue weighted by atomic mass is 32.2. The molecule has 1 heterocycles. The third-order valence-electron chi connectivity index (χ3n) is 3.81. The highest BCUT2D eigenvalue weighted by Crippen LogP contribution is 2.26. The van der Waals surface area contributed by atoms with E-state index in [1.54, 1.807) is 6.92 Å². The second-order valence-corrected chi connectivity index (χ2v) is 7.41. The third kappa shape index (κ3) is 4.43. The SMILES string of the molecule is CCS(=O)(=O)CCCN1CCC(OC)(C(=O)O)CC1. The first kappa shape index (κ1) is 16.4. The molecule has 0 atom stereocenters. The summed E-state index contributed by atoms with van der Waals surface area (Å²) in [5, 5.41) is 9.17. The van der Waals surface area contributed by atoms with Gasteiger partial charge in [-0.2, -0.15) is 0 Å². The van der Waals surface area contributed by atoms with Gasteiger partial charge < -0.3 is 14.7 Å². The summed E-state index contributed by atoms with van der Waals surface area (Å²) in [7, 11) is -1.48. The molecule has 0 amide bonds. The fourth-order valence-electron chi connectivity index (χ4n) is 2.30. The summed E-state index contributed by atoms with van der Waals surface area (Å²) in [5.41, 5.74) is -1.06. The van der Waals surface area contributed by atoms with E-state index in [4.69, 9.17) is 9.84 Å². The van der Waals surface area contributed by atoms with Gasteiger partial charge in [0.15, 0.2) is 5.60 Å². The van der Waals surface area contributed by atoms with Crippen molar-refractivity contribution >= 4 is 15.8 Å². The Morgan fingerprint density at radius 3 is 2.37 bits per heavy atom. The lowest BCUT2D eigenvalue weighted by molar-refractivity contribution is -0.168. The van der Waals surface area contributed by atoms with Crippen molar-refractivity contribution in [1.29, 1.82) is 0 Å². The minimum Gasteiger partial charge on any atom is -0.479 e. The monoisotopic (exact) mass is 293 g/mol. The smallest absolute Gasteiger partial charge is 0.336 e. The number of methoxy groups -OCH3 is 1. The van der Waals surface area contributed by atoms with Crippen molar-refractivity contribution in [1.82, 2.24) is 4.90 Å². The van der Waals surface area contributed by atoms with Crippen molar-refractivity contribution in [3.63, 3.8) is 0 Å². The van der Waals surface area contributed by atoms with Crippen LogP contribution in [0.1, 0.15) is 26.2 Å². The highest BCUT2D eigenvalue weighted by Gasteiger charge is 2.41. The van der Waals surface area contributed by atoms with Crippen LogP contribution in [0, 0.1) is 0 Å². The molecule has 0 spiro atoms. The molecule has 19 heavy (non-hydrogen) atoms. The van der Waals surface area contributed by atoms with Crippen LogP contribution in [0.15, 0.2) is 0 Å². The number of carbonyl (C=O) groups is 1. The maximum absolute atomic E-state index is 11.4. The molecule has 0 aromatic rings. The predicted octanol–water partition coefficient (Wildman–Crippen LogP) is 0.377. The van der Waals surface area contributed by atoms with Gasteiger partial charge in [-0.3, -0.25) is 0 Å². The molecule has 7 heteroatoms. The first-order valence-electron chi connectivity index (χ1n) is 6.56. The zero-order valence-electron chi connectivity index (χ0n) is 11.6. The number of carboxylic acids is 1. The molecule has 1 aliphatic rings. The summed E-state index contributed by atoms with van der Waals surface area (Å²) in [6.07, 6.45) is 1.49. The molecule has 0 radical (unpaired) electrons. The zero-order valence-corrected chi connectivity index (χ0v) is 12.4. The number of ether oxygens (including phenoxy) is 1. The van der Waals surface area contributed by atoms with Gasteiger partial charge in [0.2, 0.25) is 0 Å². The Labute approximate surface area is 114 Å². The van der Waals surface area contributed by atoms with E-state index in [9.17, 15) is 13.2 Å². The Morgan fingerprint density at radius 1 is 1.37 bits per heavy atom. The number of sulfone groups is 1. The topological polar surface area (TPSA) is 83.9 Å². The van der Waals surface area contributed by atoms with E-state index in [0.29, 0.717) is 38.9 Å². The minimum atomic E-state index is -2.91. The van der Waals surface area contributed by atoms with Gasteiger partial charge in [-0.25, -0.2) is 13.2 Å². The average molecular weight is 293 g/mol. The predicted molar refractivity (Wildman–Crippen MR) is 72.0 cm³/mol. The number of hydrogen-bond acceptors (Lipinski definition) is 5. The van der Waals surface area contributed by atoms with Crippen LogP contribution in [0.4, 0.5) is 0 Å². The second kappa shape index (κ2) is 6.67. The van der Waals surface area contributed by atoms with Crippen molar-refractivity contribution in [2.75, 3.05) is 38.2 Å². The molecular formula is C12H23NO5S. The lowest BCUT2D eigenvalue weighted by atomic mass is 9.91. The maximum atomic E-state index is 11.4. The van der Waals surface area contributed by atoms with Crippen molar-refractivity contribution < 1.29 is 23.1 Å². The largest absolute Gasteiger partial charge is 0.479 e. The Bertz CT molecular complexity index is 398. The number of rotatable bonds is 7. The van der Waals surface area contributed by atoms with E-state index < -0.39 is 21.4 Å². The molecule has 6 nitrogen and oxygen atoms in total. The van der Waals surface area contributed by atoms with Crippen LogP contribution in [0.5, 0.6) is 0 Å². The van der Waals surface area contributed by atoms with E-state index in [0.717, 1.165) is 0 Å². The van der Waals surface area contributed by atoms with E-state index >= 15 is 0 Å². The lowest BCUT2D eigenvalue weighted by Gasteiger charge is -2.37. The summed E-state index contributed by atoms with van der Waals surface area (Å²) < 4.78 is 27.9. The molecule has 1 aliphatic heterocycles. The fourth-order valence-corrected chi connectivity index (χ4v) is 3.15. The second-order valence-electron chi connectivity index (χ2n) is 4.94. The molecule has 0 aromatic heterocycles. The summed E-state index contributed by atoms with van der Waals surface area (Å²) >= 11 is 0. The quantitative estimate of drug-likeness (QED) is 0.730. The summed E-state index contributed by atoms with van der Waals surface area (Å²) in [4.78, 5) is 13.3. The number of carboxylic acid groups (broad SMARTS) is 1. The number of hydrogen-bond donors (Lipinski definition) is 1. The van der Waals surface area contributed by atoms with Gasteiger partial charge >= 0.3 is 5.97 Å². The molecule has 0 saturated carbocycles. The normalized spacial score (nSPS) is 20.3. The molecular weight excluding hydrogens is 270 g/mol. The van der Waals surface area contributed by atoms with Gasteiger partial charge in [-0.15, -0.1) is 0 Å². The van der Waals surface area contributed by atoms with Crippen LogP contribution < -0.4 is 0 Å². The fraction of sp³-hybridized carbons (Fsp3) is 0.917. The van der Waals surface area contributed by atoms with E-state index in [-0.39, 0.29) is 11.5 Å². The third-order valence-corrected chi connectivity index (χ3v) is 5.60. The van der Waals surface area contributed by atoms with E-state index in [1.165, 1.54) is 7.11 Å². The summed E-state index contributed by atoms with van der Waals surface area (Å²) in [6.45, 7) is 3.60. The Balaban J connectivity index is 2.37. The van der Waals surface area contributed by atoms with Gasteiger partial charge in [-0.1, -0.05) is 6.92 Å². The van der Waals surface area contributed by atoms with Crippen molar-refractivity contribution in [2.45, 2.75) is 31.8 Å². The average Bonchev–Trinajstić information content (AvgIpc) is 2.39. The molecule has 1 saturated heterocycles. The van der Waals surface area contributed by atoms with Crippen molar-refractivity contribution in [3.05, 3.63) is 0 Å². The Morgan fingerprint density at radius 2 is 1.95 bits per heavy atom. The molecule has 1 N–H and O–H groups in total. The highest BCUT2D eigenvalue weighted by molar-refractivity contribution is 7.91. The molecule has 0 aromatic carbocycles. The van der Waals surface area contributed by atoms with Crippen LogP contribution in [-0.2, 0) is 19.4 Å². The van der Waals surface area contributed by atoms with Crippen LogP contribution in [0.3, 0.4) is 0 Å². The zero-order chi connectivity index (χ0) is 14.5. The van der Waals surface area contributed by atoms with Crippen LogP contribution in [0.2, 0.25) is 0 Å². The maximum Gasteiger partial charge on any atom is 0.336 e. The van der Waals surface area contributed by atoms with Gasteiger partial charge in [0.05, 0.1) is 5.75 Å². The summed E-state index contributed by atoms with van der Waals surface area (Å²) in [5.74, 6) is -0.532. The molecule has 112 valence electrons. The minimum absolute atomic E-state index is 0.179. The molecule has 0 aliphatic carbocycles. The molecule has 0 bridgehead atoms. The van der Waals surface area contributed by atoms with Crippen LogP contribution in [0.25, 0.3) is 0 Å². The van der Waals surface area contributed by atoms with Crippen LogP contribution >= 0.6 is 0 Å². The van der Waals surface area contributed by atoms with E-state index in [1.807, 2.05) is 0 Å². The number of aliphatic carboxylic acids is 1. The van der Waals surface area contributed by atoms with Crippen molar-refractivity contribution in [2.24, 2.45) is 0 Å². The molecule has 0 unspecified atom stereocenters. The molecule has 1 rings (SSSR count). The Kier molecular flexibility index (Phi) is 5.76. The Hall–Kier alpha value is -0.660. The first-order valence-corrected chi connectivity index (χ1v) is 8.39. The van der Waals surface area contributed by atoms with Crippen LogP contribution in [-0.4, -0.2) is 68.2 Å².